The highest BCUT2D eigenvalue weighted by atomic mass is 79.9. The summed E-state index contributed by atoms with van der Waals surface area (Å²) in [5.74, 6) is 0.858. The van der Waals surface area contributed by atoms with Crippen LogP contribution in [0.25, 0.3) is 10.9 Å². The van der Waals surface area contributed by atoms with Crippen LogP contribution in [0.3, 0.4) is 0 Å². The third-order valence-electron chi connectivity index (χ3n) is 5.79. The summed E-state index contributed by atoms with van der Waals surface area (Å²) in [5.41, 5.74) is 5.92. The molecular weight excluding hydrogens is 466 g/mol. The van der Waals surface area contributed by atoms with E-state index in [9.17, 15) is 4.79 Å². The van der Waals surface area contributed by atoms with Crippen molar-refractivity contribution in [1.82, 2.24) is 9.97 Å². The molecule has 5 rings (SSSR count). The molecule has 160 valence electrons. The minimum atomic E-state index is -0.309. The molecule has 0 radical (unpaired) electrons. The number of nitrogens with zero attached hydrogens (tertiary/aromatic N) is 2. The van der Waals surface area contributed by atoms with Gasteiger partial charge in [-0.3, -0.25) is 0 Å². The lowest BCUT2D eigenvalue weighted by Gasteiger charge is -2.15. The van der Waals surface area contributed by atoms with E-state index in [-0.39, 0.29) is 12.1 Å². The van der Waals surface area contributed by atoms with Crippen LogP contribution in [-0.4, -0.2) is 16.0 Å². The highest BCUT2D eigenvalue weighted by Crippen LogP contribution is 2.33. The first-order valence-electron chi connectivity index (χ1n) is 10.5. The Morgan fingerprint density at radius 1 is 1.06 bits per heavy atom. The molecule has 3 N–H and O–H groups in total. The van der Waals surface area contributed by atoms with Crippen LogP contribution < -0.4 is 16.0 Å². The maximum absolute atomic E-state index is 12.4. The standard InChI is InChI=1S/C25H22BrN5O/c1-15-20(12-13-27-24(15)26)31-25(32)28-18-8-10-21-17(14-18)7-11-23(29-21)30-22-9-6-16-4-2-3-5-19(16)22/h2-5,7-8,10-14,22H,6,9H2,1H3,(H,29,30)(H2,27,28,31,32). The normalized spacial score (nSPS) is 14.8. The number of nitrogens with one attached hydrogen (secondary N) is 3. The SMILES string of the molecule is Cc1c(NC(=O)Nc2ccc3nc(NC4CCc5ccccc54)ccc3c2)ccnc1Br. The summed E-state index contributed by atoms with van der Waals surface area (Å²) in [7, 11) is 0. The molecule has 4 aromatic rings. The van der Waals surface area contributed by atoms with Crippen molar-refractivity contribution < 1.29 is 4.79 Å². The molecule has 0 bridgehead atoms. The Hall–Kier alpha value is -3.45. The molecule has 1 aliphatic rings. The van der Waals surface area contributed by atoms with Gasteiger partial charge in [-0.25, -0.2) is 14.8 Å². The fraction of sp³-hybridized carbons (Fsp3) is 0.160. The van der Waals surface area contributed by atoms with E-state index in [1.165, 1.54) is 11.1 Å². The first kappa shape index (κ1) is 20.5. The van der Waals surface area contributed by atoms with Crippen molar-refractivity contribution in [3.8, 4) is 0 Å². The van der Waals surface area contributed by atoms with Crippen molar-refractivity contribution in [3.63, 3.8) is 0 Å². The maximum atomic E-state index is 12.4. The van der Waals surface area contributed by atoms with Crippen molar-refractivity contribution in [2.24, 2.45) is 0 Å². The van der Waals surface area contributed by atoms with E-state index in [0.29, 0.717) is 16.0 Å². The molecule has 0 aliphatic heterocycles. The quantitative estimate of drug-likeness (QED) is 0.289. The van der Waals surface area contributed by atoms with Crippen LogP contribution in [-0.2, 0) is 6.42 Å². The van der Waals surface area contributed by atoms with Gasteiger partial charge in [-0.05, 0) is 83.2 Å². The van der Waals surface area contributed by atoms with E-state index in [1.807, 2.05) is 37.3 Å². The van der Waals surface area contributed by atoms with E-state index in [0.717, 1.165) is 35.1 Å². The van der Waals surface area contributed by atoms with Crippen molar-refractivity contribution in [1.29, 1.82) is 0 Å². The van der Waals surface area contributed by atoms with Crippen molar-refractivity contribution >= 4 is 50.1 Å². The van der Waals surface area contributed by atoms with E-state index in [1.54, 1.807) is 12.3 Å². The second-order valence-corrected chi connectivity index (χ2v) is 8.64. The maximum Gasteiger partial charge on any atom is 0.323 e. The Labute approximate surface area is 194 Å². The second-order valence-electron chi connectivity index (χ2n) is 7.89. The van der Waals surface area contributed by atoms with Crippen LogP contribution in [0.15, 0.2) is 71.5 Å². The minimum absolute atomic E-state index is 0.289. The predicted octanol–water partition coefficient (Wildman–Crippen LogP) is 6.44. The number of urea groups is 1. The summed E-state index contributed by atoms with van der Waals surface area (Å²) in [5, 5.41) is 10.3. The average molecular weight is 488 g/mol. The van der Waals surface area contributed by atoms with Gasteiger partial charge in [0, 0.05) is 28.5 Å². The molecule has 32 heavy (non-hydrogen) atoms. The van der Waals surface area contributed by atoms with Gasteiger partial charge in [-0.2, -0.15) is 0 Å². The highest BCUT2D eigenvalue weighted by Gasteiger charge is 2.21. The summed E-state index contributed by atoms with van der Waals surface area (Å²) in [4.78, 5) is 21.4. The molecule has 2 aromatic carbocycles. The van der Waals surface area contributed by atoms with Crippen LogP contribution in [0.1, 0.15) is 29.2 Å². The molecule has 7 heteroatoms. The van der Waals surface area contributed by atoms with Gasteiger partial charge >= 0.3 is 6.03 Å². The molecule has 1 atom stereocenters. The fourth-order valence-corrected chi connectivity index (χ4v) is 4.43. The van der Waals surface area contributed by atoms with Gasteiger partial charge < -0.3 is 16.0 Å². The molecule has 1 unspecified atom stereocenters. The summed E-state index contributed by atoms with van der Waals surface area (Å²) in [6.45, 7) is 1.89. The summed E-state index contributed by atoms with van der Waals surface area (Å²) in [6.07, 6.45) is 3.81. The Balaban J connectivity index is 1.29. The molecule has 0 fully saturated rings. The smallest absolute Gasteiger partial charge is 0.323 e. The van der Waals surface area contributed by atoms with Gasteiger partial charge in [0.05, 0.1) is 11.6 Å². The van der Waals surface area contributed by atoms with Crippen LogP contribution in [0.4, 0.5) is 22.0 Å². The first-order valence-corrected chi connectivity index (χ1v) is 11.3. The number of carbonyl (C=O) groups excluding carboxylic acids is 1. The van der Waals surface area contributed by atoms with E-state index >= 15 is 0 Å². The molecule has 2 heterocycles. The van der Waals surface area contributed by atoms with E-state index < -0.39 is 0 Å². The molecule has 0 spiro atoms. The summed E-state index contributed by atoms with van der Waals surface area (Å²) >= 11 is 3.38. The number of halogens is 1. The lowest BCUT2D eigenvalue weighted by atomic mass is 10.1. The molecule has 0 saturated carbocycles. The number of fused-ring (bicyclic) bond motifs is 2. The molecule has 6 nitrogen and oxygen atoms in total. The largest absolute Gasteiger partial charge is 0.363 e. The van der Waals surface area contributed by atoms with Gasteiger partial charge in [0.15, 0.2) is 0 Å². The van der Waals surface area contributed by atoms with Crippen molar-refractivity contribution in [3.05, 3.63) is 88.2 Å². The molecule has 2 aromatic heterocycles. The zero-order valence-electron chi connectivity index (χ0n) is 17.5. The number of rotatable bonds is 4. The van der Waals surface area contributed by atoms with Crippen LogP contribution >= 0.6 is 15.9 Å². The Morgan fingerprint density at radius 3 is 2.84 bits per heavy atom. The zero-order valence-corrected chi connectivity index (χ0v) is 19.1. The van der Waals surface area contributed by atoms with Gasteiger partial charge in [0.1, 0.15) is 10.4 Å². The monoisotopic (exact) mass is 487 g/mol. The van der Waals surface area contributed by atoms with E-state index in [4.69, 9.17) is 4.98 Å². The summed E-state index contributed by atoms with van der Waals surface area (Å²) < 4.78 is 0.706. The molecule has 1 aliphatic carbocycles. The Morgan fingerprint density at radius 2 is 1.94 bits per heavy atom. The minimum Gasteiger partial charge on any atom is -0.363 e. The predicted molar refractivity (Wildman–Crippen MR) is 132 cm³/mol. The fourth-order valence-electron chi connectivity index (χ4n) is 4.10. The highest BCUT2D eigenvalue weighted by molar-refractivity contribution is 9.10. The van der Waals surface area contributed by atoms with Gasteiger partial charge in [-0.15, -0.1) is 0 Å². The van der Waals surface area contributed by atoms with Crippen LogP contribution in [0.5, 0.6) is 0 Å². The number of hydrogen-bond acceptors (Lipinski definition) is 4. The van der Waals surface area contributed by atoms with Crippen LogP contribution in [0.2, 0.25) is 0 Å². The van der Waals surface area contributed by atoms with E-state index in [2.05, 4.69) is 61.1 Å². The lowest BCUT2D eigenvalue weighted by Crippen LogP contribution is -2.20. The third-order valence-corrected chi connectivity index (χ3v) is 6.59. The topological polar surface area (TPSA) is 78.9 Å². The van der Waals surface area contributed by atoms with Gasteiger partial charge in [-0.1, -0.05) is 24.3 Å². The zero-order chi connectivity index (χ0) is 22.1. The number of pyridine rings is 2. The Bertz CT molecular complexity index is 1320. The third kappa shape index (κ3) is 4.16. The first-order chi connectivity index (χ1) is 15.6. The van der Waals surface area contributed by atoms with Gasteiger partial charge in [0.25, 0.3) is 0 Å². The number of benzene rings is 2. The molecule has 2 amide bonds. The number of anilines is 3. The number of amides is 2. The molecule has 0 saturated heterocycles. The number of hydrogen-bond donors (Lipinski definition) is 3. The summed E-state index contributed by atoms with van der Waals surface area (Å²) in [6, 6.07) is 20.0. The van der Waals surface area contributed by atoms with Gasteiger partial charge in [0.2, 0.25) is 0 Å². The van der Waals surface area contributed by atoms with Crippen molar-refractivity contribution in [2.75, 3.05) is 16.0 Å². The lowest BCUT2D eigenvalue weighted by molar-refractivity contribution is 0.262. The van der Waals surface area contributed by atoms with Crippen LogP contribution in [0, 0.1) is 6.92 Å². The molecular formula is C25H22BrN5O. The van der Waals surface area contributed by atoms with Crippen molar-refractivity contribution in [2.45, 2.75) is 25.8 Å². The number of aromatic nitrogens is 2. The number of aryl methyl sites for hydroxylation is 1. The second kappa shape index (κ2) is 8.59. The number of carbonyl (C=O) groups is 1. The average Bonchev–Trinajstić information content (AvgIpc) is 3.20. The Kier molecular flexibility index (Phi) is 5.49.